The van der Waals surface area contributed by atoms with E-state index < -0.39 is 27.7 Å². The summed E-state index contributed by atoms with van der Waals surface area (Å²) in [5.41, 5.74) is 1.56. The molecule has 0 fully saturated rings. The second kappa shape index (κ2) is 15.7. The highest BCUT2D eigenvalue weighted by atomic mass is 32.2. The number of rotatable bonds is 18. The molecule has 226 valence electrons. The molecule has 12 heteroatoms. The second-order valence-electron chi connectivity index (χ2n) is 10.1. The molecule has 0 bridgehead atoms. The minimum atomic E-state index is -3.82. The van der Waals surface area contributed by atoms with Gasteiger partial charge in [-0.25, -0.2) is 17.8 Å². The van der Waals surface area contributed by atoms with E-state index in [0.29, 0.717) is 47.0 Å². The van der Waals surface area contributed by atoms with Gasteiger partial charge in [-0.05, 0) is 67.6 Å². The van der Waals surface area contributed by atoms with Crippen LogP contribution in [0.3, 0.4) is 0 Å². The van der Waals surface area contributed by atoms with Crippen LogP contribution in [-0.2, 0) is 27.8 Å². The Bertz CT molecular complexity index is 1420. The van der Waals surface area contributed by atoms with Crippen LogP contribution in [0.1, 0.15) is 61.3 Å². The molecule has 0 amide bonds. The summed E-state index contributed by atoms with van der Waals surface area (Å²) >= 11 is 0. The number of phenols is 1. The van der Waals surface area contributed by atoms with E-state index in [1.165, 1.54) is 6.07 Å². The lowest BCUT2D eigenvalue weighted by Crippen LogP contribution is -2.27. The quantitative estimate of drug-likeness (QED) is 0.140. The Hall–Kier alpha value is -3.16. The molecule has 3 aromatic rings. The fraction of sp³-hybridized carbons (Fsp3) is 0.483. The number of unbranched alkanes of at least 4 members (excludes halogenated alkanes) is 4. The predicted octanol–water partition coefficient (Wildman–Crippen LogP) is 2.57. The lowest BCUT2D eigenvalue weighted by Gasteiger charge is -2.14. The number of nitrogens with zero attached hydrogens (tertiary/aromatic N) is 2. The molecule has 1 heterocycles. The van der Waals surface area contributed by atoms with Gasteiger partial charge in [-0.3, -0.25) is 0 Å². The van der Waals surface area contributed by atoms with Gasteiger partial charge in [-0.1, -0.05) is 37.5 Å². The van der Waals surface area contributed by atoms with Crippen LogP contribution in [0.4, 0.5) is 0 Å². The average Bonchev–Trinajstić information content (AvgIpc) is 3.25. The van der Waals surface area contributed by atoms with Crippen molar-refractivity contribution in [3.63, 3.8) is 0 Å². The van der Waals surface area contributed by atoms with Crippen LogP contribution in [0.15, 0.2) is 53.5 Å². The monoisotopic (exact) mass is 591 g/mol. The molecule has 0 saturated carbocycles. The summed E-state index contributed by atoms with van der Waals surface area (Å²) in [7, 11) is -3.82. The van der Waals surface area contributed by atoms with Gasteiger partial charge in [-0.2, -0.15) is 3.97 Å². The zero-order valence-corrected chi connectivity index (χ0v) is 24.2. The highest BCUT2D eigenvalue weighted by molar-refractivity contribution is 7.89. The van der Waals surface area contributed by atoms with Crippen LogP contribution in [0, 0.1) is 0 Å². The molecule has 5 N–H and O–H groups in total. The number of hydrogen-bond acceptors (Lipinski definition) is 9. The molecule has 0 spiro atoms. The fourth-order valence-electron chi connectivity index (χ4n) is 4.51. The summed E-state index contributed by atoms with van der Waals surface area (Å²) < 4.78 is 30.7. The Kier molecular flexibility index (Phi) is 12.4. The van der Waals surface area contributed by atoms with E-state index >= 15 is 0 Å². The number of aliphatic hydroxyl groups excluding tert-OH is 2. The highest BCUT2D eigenvalue weighted by Crippen LogP contribution is 2.22. The molecule has 41 heavy (non-hydrogen) atoms. The van der Waals surface area contributed by atoms with Crippen LogP contribution in [0.2, 0.25) is 0 Å². The molecule has 0 radical (unpaired) electrons. The van der Waals surface area contributed by atoms with Crippen molar-refractivity contribution in [1.29, 1.82) is 0 Å². The maximum absolute atomic E-state index is 12.5. The molecule has 0 unspecified atom stereocenters. The van der Waals surface area contributed by atoms with Gasteiger partial charge in [0.1, 0.15) is 5.75 Å². The Labute approximate surface area is 240 Å². The van der Waals surface area contributed by atoms with Gasteiger partial charge in [0.2, 0.25) is 15.9 Å². The van der Waals surface area contributed by atoms with Crippen LogP contribution in [0.25, 0.3) is 5.69 Å². The molecule has 1 aromatic heterocycles. The van der Waals surface area contributed by atoms with Crippen LogP contribution in [-0.4, -0.2) is 69.9 Å². The maximum atomic E-state index is 12.5. The fourth-order valence-corrected chi connectivity index (χ4v) is 5.16. The number of hydrogen-bond donors (Lipinski definition) is 5. The van der Waals surface area contributed by atoms with Gasteiger partial charge < -0.3 is 30.5 Å². The van der Waals surface area contributed by atoms with Crippen molar-refractivity contribution >= 4 is 10.0 Å². The number of aromatic nitrogens is 2. The number of nitrogens with one attached hydrogen (secondary N) is 1. The van der Waals surface area contributed by atoms with Gasteiger partial charge >= 0.3 is 5.69 Å². The van der Waals surface area contributed by atoms with Gasteiger partial charge in [-0.15, -0.1) is 0 Å². The summed E-state index contributed by atoms with van der Waals surface area (Å²) in [6.07, 6.45) is 7.86. The minimum absolute atomic E-state index is 0.0217. The van der Waals surface area contributed by atoms with E-state index in [1.807, 2.05) is 6.07 Å². The largest absolute Gasteiger partial charge is 0.508 e. The molecule has 2 aromatic carbocycles. The molecule has 0 saturated heterocycles. The summed E-state index contributed by atoms with van der Waals surface area (Å²) in [5, 5.41) is 42.5. The van der Waals surface area contributed by atoms with E-state index in [2.05, 4.69) is 5.32 Å². The normalized spacial score (nSPS) is 12.6. The maximum Gasteiger partial charge on any atom is 0.349 e. The summed E-state index contributed by atoms with van der Waals surface area (Å²) in [6.45, 7) is 2.23. The third-order valence-corrected chi connectivity index (χ3v) is 7.74. The molecule has 11 nitrogen and oxygen atoms in total. The summed E-state index contributed by atoms with van der Waals surface area (Å²) in [6, 6.07) is 11.8. The van der Waals surface area contributed by atoms with Crippen molar-refractivity contribution in [3.05, 3.63) is 75.8 Å². The number of aryl methyl sites for hydroxylation is 1. The van der Waals surface area contributed by atoms with E-state index in [0.717, 1.165) is 67.7 Å². The number of benzene rings is 2. The van der Waals surface area contributed by atoms with E-state index in [-0.39, 0.29) is 12.4 Å². The molecule has 0 aliphatic rings. The predicted molar refractivity (Wildman–Crippen MR) is 156 cm³/mol. The van der Waals surface area contributed by atoms with E-state index in [1.54, 1.807) is 30.3 Å². The molecular formula is C29H41N3O8S. The molecule has 3 rings (SSSR count). The third kappa shape index (κ3) is 9.72. The van der Waals surface area contributed by atoms with Crippen LogP contribution < -0.4 is 11.0 Å². The zero-order valence-electron chi connectivity index (χ0n) is 23.4. The zero-order chi connectivity index (χ0) is 29.8. The van der Waals surface area contributed by atoms with E-state index in [4.69, 9.17) is 4.74 Å². The molecule has 0 aliphatic heterocycles. The molecular weight excluding hydrogens is 550 g/mol. The summed E-state index contributed by atoms with van der Waals surface area (Å²) in [5.74, 6) is -0.423. The Morgan fingerprint density at radius 1 is 0.976 bits per heavy atom. The Morgan fingerprint density at radius 2 is 1.71 bits per heavy atom. The number of imidazole rings is 1. The second-order valence-corrected chi connectivity index (χ2v) is 11.9. The van der Waals surface area contributed by atoms with Gasteiger partial charge in [0.15, 0.2) is 0 Å². The standard InChI is InChI=1S/C29H41N3O8S/c1-41(38,39)31-20-28(36)32(29(31)37)25-11-7-9-22(17-25)10-8-16-40-15-6-4-2-3-5-14-30-19-27(35)23-12-13-26(34)24(18-23)21-33/h7,9,11-13,17-18,20,27,30,33-36H,2-6,8,10,14-16,19,21H2,1H3/t27-/m0/s1. The van der Waals surface area contributed by atoms with Crippen molar-refractivity contribution in [2.24, 2.45) is 0 Å². The first-order valence-corrected chi connectivity index (χ1v) is 15.7. The van der Waals surface area contributed by atoms with Crippen molar-refractivity contribution in [1.82, 2.24) is 13.9 Å². The Morgan fingerprint density at radius 3 is 2.44 bits per heavy atom. The average molecular weight is 592 g/mol. The van der Waals surface area contributed by atoms with Gasteiger partial charge in [0.05, 0.1) is 30.9 Å². The lowest BCUT2D eigenvalue weighted by molar-refractivity contribution is 0.127. The van der Waals surface area contributed by atoms with Crippen molar-refractivity contribution in [2.75, 3.05) is 32.6 Å². The van der Waals surface area contributed by atoms with Crippen molar-refractivity contribution in [2.45, 2.75) is 57.7 Å². The third-order valence-electron chi connectivity index (χ3n) is 6.76. The number of ether oxygens (including phenoxy) is 1. The smallest absolute Gasteiger partial charge is 0.349 e. The van der Waals surface area contributed by atoms with Gasteiger partial charge in [0.25, 0.3) is 0 Å². The lowest BCUT2D eigenvalue weighted by atomic mass is 10.1. The SMILES string of the molecule is CS(=O)(=O)n1cc(O)n(-c2cccc(CCCOCCCCCCCNC[C@H](O)c3ccc(O)c(CO)c3)c2)c1=O. The topological polar surface area (TPSA) is 163 Å². The van der Waals surface area contributed by atoms with Gasteiger partial charge in [0, 0.05) is 25.3 Å². The van der Waals surface area contributed by atoms with Crippen LogP contribution in [0.5, 0.6) is 11.6 Å². The number of aromatic hydroxyl groups is 2. The highest BCUT2D eigenvalue weighted by Gasteiger charge is 2.18. The Balaban J connectivity index is 1.24. The number of aliphatic hydroxyl groups is 2. The van der Waals surface area contributed by atoms with Crippen LogP contribution >= 0.6 is 0 Å². The van der Waals surface area contributed by atoms with Crippen molar-refractivity contribution in [3.8, 4) is 17.3 Å². The van der Waals surface area contributed by atoms with Crippen molar-refractivity contribution < 1.29 is 33.6 Å². The first-order valence-electron chi connectivity index (χ1n) is 13.8. The molecule has 0 aliphatic carbocycles. The first-order chi connectivity index (χ1) is 19.6. The minimum Gasteiger partial charge on any atom is -0.508 e. The summed E-state index contributed by atoms with van der Waals surface area (Å²) in [4.78, 5) is 12.5. The first kappa shape index (κ1) is 32.4. The molecule has 1 atom stereocenters. The van der Waals surface area contributed by atoms with E-state index in [9.17, 15) is 33.6 Å².